The number of hydrogen-bond acceptors (Lipinski definition) is 8. The predicted octanol–water partition coefficient (Wildman–Crippen LogP) is 4.45. The van der Waals surface area contributed by atoms with Gasteiger partial charge in [0.2, 0.25) is 11.6 Å². The SMILES string of the molecule is COC(=O)c1ccccc1Nc1ncnc(Nc2ccc(F)c(Cl)c2)c1[N+](=O)[O-]. The molecule has 0 radical (unpaired) electrons. The van der Waals surface area contributed by atoms with Gasteiger partial charge in [0, 0.05) is 5.69 Å². The monoisotopic (exact) mass is 417 g/mol. The van der Waals surface area contributed by atoms with Crippen molar-refractivity contribution < 1.29 is 18.8 Å². The first-order valence-electron chi connectivity index (χ1n) is 8.06. The van der Waals surface area contributed by atoms with E-state index in [4.69, 9.17) is 16.3 Å². The van der Waals surface area contributed by atoms with Gasteiger partial charge >= 0.3 is 11.7 Å². The fourth-order valence-electron chi connectivity index (χ4n) is 2.45. The summed E-state index contributed by atoms with van der Waals surface area (Å²) < 4.78 is 18.1. The second-order valence-corrected chi connectivity index (χ2v) is 6.00. The highest BCUT2D eigenvalue weighted by Crippen LogP contribution is 2.34. The normalized spacial score (nSPS) is 10.3. The van der Waals surface area contributed by atoms with Crippen LogP contribution in [0.1, 0.15) is 10.4 Å². The molecule has 0 saturated carbocycles. The van der Waals surface area contributed by atoms with E-state index in [-0.39, 0.29) is 27.9 Å². The minimum Gasteiger partial charge on any atom is -0.465 e. The molecule has 0 amide bonds. The lowest BCUT2D eigenvalue weighted by atomic mass is 10.2. The Balaban J connectivity index is 2.01. The van der Waals surface area contributed by atoms with Crippen LogP contribution in [0.5, 0.6) is 0 Å². The molecule has 0 saturated heterocycles. The Morgan fingerprint density at radius 1 is 1.17 bits per heavy atom. The number of nitro groups is 1. The summed E-state index contributed by atoms with van der Waals surface area (Å²) in [5, 5.41) is 17.0. The maximum absolute atomic E-state index is 13.3. The fraction of sp³-hybridized carbons (Fsp3) is 0.0556. The zero-order chi connectivity index (χ0) is 21.0. The van der Waals surface area contributed by atoms with Crippen molar-refractivity contribution in [3.63, 3.8) is 0 Å². The Labute approximate surface area is 168 Å². The summed E-state index contributed by atoms with van der Waals surface area (Å²) in [6.45, 7) is 0. The van der Waals surface area contributed by atoms with Crippen LogP contribution < -0.4 is 10.6 Å². The van der Waals surface area contributed by atoms with Crippen LogP contribution in [-0.2, 0) is 4.74 Å². The van der Waals surface area contributed by atoms with Crippen molar-refractivity contribution in [1.29, 1.82) is 0 Å². The molecule has 3 aromatic rings. The van der Waals surface area contributed by atoms with Gasteiger partial charge in [-0.3, -0.25) is 10.1 Å². The third kappa shape index (κ3) is 4.38. The third-order valence-electron chi connectivity index (χ3n) is 3.77. The number of para-hydroxylation sites is 1. The zero-order valence-electron chi connectivity index (χ0n) is 14.8. The number of carbonyl (C=O) groups is 1. The highest BCUT2D eigenvalue weighted by molar-refractivity contribution is 6.31. The van der Waals surface area contributed by atoms with E-state index >= 15 is 0 Å². The van der Waals surface area contributed by atoms with Gasteiger partial charge in [0.1, 0.15) is 12.1 Å². The number of ether oxygens (including phenoxy) is 1. The molecule has 1 heterocycles. The Morgan fingerprint density at radius 2 is 1.86 bits per heavy atom. The lowest BCUT2D eigenvalue weighted by Gasteiger charge is -2.12. The van der Waals surface area contributed by atoms with Crippen molar-refractivity contribution in [3.05, 3.63) is 75.3 Å². The van der Waals surface area contributed by atoms with Gasteiger partial charge in [-0.15, -0.1) is 0 Å². The first-order chi connectivity index (χ1) is 13.9. The number of benzene rings is 2. The Hall–Kier alpha value is -3.79. The molecule has 0 aliphatic rings. The lowest BCUT2D eigenvalue weighted by molar-refractivity contribution is -0.383. The molecule has 0 fully saturated rings. The van der Waals surface area contributed by atoms with E-state index < -0.39 is 22.4 Å². The van der Waals surface area contributed by atoms with Gasteiger partial charge in [-0.25, -0.2) is 19.2 Å². The minimum atomic E-state index is -0.684. The van der Waals surface area contributed by atoms with Crippen LogP contribution in [0.2, 0.25) is 5.02 Å². The molecule has 9 nitrogen and oxygen atoms in total. The molecule has 0 aliphatic heterocycles. The van der Waals surface area contributed by atoms with Crippen LogP contribution in [0.3, 0.4) is 0 Å². The van der Waals surface area contributed by atoms with Crippen LogP contribution in [0.15, 0.2) is 48.8 Å². The van der Waals surface area contributed by atoms with E-state index in [9.17, 15) is 19.3 Å². The summed E-state index contributed by atoms with van der Waals surface area (Å²) >= 11 is 5.74. The van der Waals surface area contributed by atoms with E-state index in [2.05, 4.69) is 20.6 Å². The van der Waals surface area contributed by atoms with E-state index in [0.29, 0.717) is 5.69 Å². The van der Waals surface area contributed by atoms with Crippen molar-refractivity contribution in [1.82, 2.24) is 9.97 Å². The topological polar surface area (TPSA) is 119 Å². The molecule has 0 aliphatic carbocycles. The molecule has 0 bridgehead atoms. The van der Waals surface area contributed by atoms with Crippen LogP contribution in [-0.4, -0.2) is 28.0 Å². The fourth-order valence-corrected chi connectivity index (χ4v) is 2.63. The summed E-state index contributed by atoms with van der Waals surface area (Å²) in [6.07, 6.45) is 1.10. The summed E-state index contributed by atoms with van der Waals surface area (Å²) in [5.74, 6) is -1.55. The smallest absolute Gasteiger partial charge is 0.353 e. The average molecular weight is 418 g/mol. The van der Waals surface area contributed by atoms with E-state index in [1.165, 1.54) is 25.3 Å². The van der Waals surface area contributed by atoms with Crippen molar-refractivity contribution >= 4 is 46.3 Å². The van der Waals surface area contributed by atoms with Gasteiger partial charge in [0.25, 0.3) is 0 Å². The first-order valence-corrected chi connectivity index (χ1v) is 8.44. The number of methoxy groups -OCH3 is 1. The second kappa shape index (κ2) is 8.48. The molecular formula is C18H13ClFN5O4. The van der Waals surface area contributed by atoms with Gasteiger partial charge in [-0.2, -0.15) is 0 Å². The van der Waals surface area contributed by atoms with Gasteiger partial charge < -0.3 is 15.4 Å². The number of anilines is 4. The predicted molar refractivity (Wildman–Crippen MR) is 104 cm³/mol. The van der Waals surface area contributed by atoms with Crippen LogP contribution in [0.4, 0.5) is 33.1 Å². The molecule has 2 aromatic carbocycles. The first kappa shape index (κ1) is 20.0. The molecule has 1 aromatic heterocycles. The van der Waals surface area contributed by atoms with Gasteiger partial charge in [0.15, 0.2) is 0 Å². The van der Waals surface area contributed by atoms with Crippen LogP contribution in [0, 0.1) is 15.9 Å². The number of carbonyl (C=O) groups excluding carboxylic acids is 1. The van der Waals surface area contributed by atoms with E-state index in [1.807, 2.05) is 0 Å². The van der Waals surface area contributed by atoms with E-state index in [1.54, 1.807) is 18.2 Å². The highest BCUT2D eigenvalue weighted by Gasteiger charge is 2.25. The summed E-state index contributed by atoms with van der Waals surface area (Å²) in [4.78, 5) is 30.7. The number of nitrogens with one attached hydrogen (secondary N) is 2. The Morgan fingerprint density at radius 3 is 2.52 bits per heavy atom. The van der Waals surface area contributed by atoms with Crippen molar-refractivity contribution in [3.8, 4) is 0 Å². The number of aromatic nitrogens is 2. The summed E-state index contributed by atoms with van der Waals surface area (Å²) in [7, 11) is 1.22. The highest BCUT2D eigenvalue weighted by atomic mass is 35.5. The molecular weight excluding hydrogens is 405 g/mol. The quantitative estimate of drug-likeness (QED) is 0.343. The average Bonchev–Trinajstić information content (AvgIpc) is 2.70. The number of hydrogen-bond donors (Lipinski definition) is 2. The van der Waals surface area contributed by atoms with Crippen LogP contribution in [0.25, 0.3) is 0 Å². The largest absolute Gasteiger partial charge is 0.465 e. The number of halogens is 2. The molecule has 29 heavy (non-hydrogen) atoms. The Bertz CT molecular complexity index is 1100. The summed E-state index contributed by atoms with van der Waals surface area (Å²) in [5.41, 5.74) is 0.242. The maximum Gasteiger partial charge on any atom is 0.353 e. The van der Waals surface area contributed by atoms with Gasteiger partial charge in [-0.1, -0.05) is 23.7 Å². The molecule has 11 heteroatoms. The molecule has 3 rings (SSSR count). The van der Waals surface area contributed by atoms with E-state index in [0.717, 1.165) is 12.4 Å². The van der Waals surface area contributed by atoms with Gasteiger partial charge in [-0.05, 0) is 30.3 Å². The molecule has 0 spiro atoms. The third-order valence-corrected chi connectivity index (χ3v) is 4.06. The lowest BCUT2D eigenvalue weighted by Crippen LogP contribution is -2.09. The minimum absolute atomic E-state index is 0.147. The van der Waals surface area contributed by atoms with Crippen molar-refractivity contribution in [2.24, 2.45) is 0 Å². The Kier molecular flexibility index (Phi) is 5.84. The van der Waals surface area contributed by atoms with Crippen molar-refractivity contribution in [2.45, 2.75) is 0 Å². The maximum atomic E-state index is 13.3. The molecule has 0 unspecified atom stereocenters. The molecule has 148 valence electrons. The molecule has 2 N–H and O–H groups in total. The molecule has 0 atom stereocenters. The number of nitrogens with zero attached hydrogens (tertiary/aromatic N) is 3. The second-order valence-electron chi connectivity index (χ2n) is 5.59. The number of rotatable bonds is 6. The van der Waals surface area contributed by atoms with Crippen molar-refractivity contribution in [2.75, 3.05) is 17.7 Å². The summed E-state index contributed by atoms with van der Waals surface area (Å²) in [6, 6.07) is 10.0. The standard InChI is InChI=1S/C18H13ClFN5O4/c1-29-18(26)11-4-2-3-5-14(11)24-17-15(25(27)28)16(21-9-22-17)23-10-6-7-13(20)12(19)8-10/h2-9H,1H3,(H2,21,22,23,24). The van der Waals surface area contributed by atoms with Gasteiger partial charge in [0.05, 0.1) is 28.3 Å². The number of esters is 1. The zero-order valence-corrected chi connectivity index (χ0v) is 15.6. The van der Waals surface area contributed by atoms with Crippen LogP contribution >= 0.6 is 11.6 Å².